The second kappa shape index (κ2) is 6.63. The quantitative estimate of drug-likeness (QED) is 0.605. The van der Waals surface area contributed by atoms with Crippen molar-refractivity contribution < 1.29 is 45.5 Å². The number of nitrogens with zero attached hydrogens (tertiary/aromatic N) is 1. The molecule has 27 heavy (non-hydrogen) atoms. The van der Waals surface area contributed by atoms with Gasteiger partial charge in [0.25, 0.3) is 11.6 Å². The number of urea groups is 1. The van der Waals surface area contributed by atoms with E-state index < -0.39 is 47.3 Å². The number of carbonyl (C=O) groups excluding carboxylic acids is 3. The minimum absolute atomic E-state index is 0.144. The number of carbonyl (C=O) groups is 3. The zero-order valence-electron chi connectivity index (χ0n) is 13.4. The lowest BCUT2D eigenvalue weighted by Gasteiger charge is -2.29. The Bertz CT molecular complexity index is 779. The molecule has 1 aliphatic heterocycles. The molecule has 1 aliphatic rings. The monoisotopic (exact) mass is 399 g/mol. The standard InChI is InChI=1S/C14H11F6N3O4/c1-2-27-11(26)22-12(14(18,19)20)9(24)23(10(25)21-12)8-5-3-4-7(6-8)13(15,16)17/h3-6H,2H2,1H3,(H,21,25)(H,22,26)/t12-/m0/s1. The van der Waals surface area contributed by atoms with Crippen LogP contribution in [0.2, 0.25) is 0 Å². The van der Waals surface area contributed by atoms with Crippen molar-refractivity contribution in [2.24, 2.45) is 0 Å². The summed E-state index contributed by atoms with van der Waals surface area (Å²) in [6.45, 7) is 0.948. The van der Waals surface area contributed by atoms with Crippen LogP contribution >= 0.6 is 0 Å². The van der Waals surface area contributed by atoms with Crippen LogP contribution in [0, 0.1) is 0 Å². The normalized spacial score (nSPS) is 20.5. The maximum absolute atomic E-state index is 13.5. The van der Waals surface area contributed by atoms with E-state index in [1.165, 1.54) is 17.6 Å². The third-order valence-electron chi connectivity index (χ3n) is 3.44. The largest absolute Gasteiger partial charge is 0.450 e. The van der Waals surface area contributed by atoms with Crippen molar-refractivity contribution in [1.82, 2.24) is 10.6 Å². The van der Waals surface area contributed by atoms with Gasteiger partial charge in [0.2, 0.25) is 0 Å². The Morgan fingerprint density at radius 3 is 2.37 bits per heavy atom. The van der Waals surface area contributed by atoms with E-state index in [9.17, 15) is 40.7 Å². The summed E-state index contributed by atoms with van der Waals surface area (Å²) in [7, 11) is 0. The molecule has 1 aromatic rings. The van der Waals surface area contributed by atoms with Crippen LogP contribution in [0.1, 0.15) is 12.5 Å². The minimum atomic E-state index is -5.51. The number of amides is 4. The van der Waals surface area contributed by atoms with Crippen molar-refractivity contribution >= 4 is 23.7 Å². The van der Waals surface area contributed by atoms with Gasteiger partial charge < -0.3 is 4.74 Å². The molecule has 1 saturated heterocycles. The Morgan fingerprint density at radius 2 is 1.85 bits per heavy atom. The Balaban J connectivity index is 2.49. The summed E-state index contributed by atoms with van der Waals surface area (Å²) in [5, 5.41) is 2.50. The Kier molecular flexibility index (Phi) is 4.99. The molecule has 2 rings (SSSR count). The Morgan fingerprint density at radius 1 is 1.22 bits per heavy atom. The van der Waals surface area contributed by atoms with Gasteiger partial charge in [0.05, 0.1) is 17.9 Å². The number of hydrogen-bond acceptors (Lipinski definition) is 4. The molecule has 1 heterocycles. The fourth-order valence-corrected chi connectivity index (χ4v) is 2.25. The Hall–Kier alpha value is -2.99. The van der Waals surface area contributed by atoms with E-state index in [-0.39, 0.29) is 11.5 Å². The fourth-order valence-electron chi connectivity index (χ4n) is 2.25. The maximum atomic E-state index is 13.5. The predicted molar refractivity (Wildman–Crippen MR) is 76.4 cm³/mol. The summed E-state index contributed by atoms with van der Waals surface area (Å²) >= 11 is 0. The zero-order valence-corrected chi connectivity index (χ0v) is 13.4. The second-order valence-electron chi connectivity index (χ2n) is 5.21. The summed E-state index contributed by atoms with van der Waals surface area (Å²) in [5.74, 6) is -2.03. The van der Waals surface area contributed by atoms with Crippen LogP contribution in [0.15, 0.2) is 24.3 Å². The lowest BCUT2D eigenvalue weighted by molar-refractivity contribution is -0.197. The van der Waals surface area contributed by atoms with Crippen LogP contribution in [-0.4, -0.2) is 36.5 Å². The van der Waals surface area contributed by atoms with E-state index in [0.29, 0.717) is 12.1 Å². The topological polar surface area (TPSA) is 87.7 Å². The van der Waals surface area contributed by atoms with E-state index >= 15 is 0 Å². The molecule has 0 spiro atoms. The highest BCUT2D eigenvalue weighted by Gasteiger charge is 2.69. The summed E-state index contributed by atoms with van der Waals surface area (Å²) < 4.78 is 83.1. The highest BCUT2D eigenvalue weighted by Crippen LogP contribution is 2.37. The first kappa shape index (κ1) is 20.3. The molecule has 0 bridgehead atoms. The van der Waals surface area contributed by atoms with Crippen molar-refractivity contribution in [3.05, 3.63) is 29.8 Å². The lowest BCUT2D eigenvalue weighted by Crippen LogP contribution is -2.69. The highest BCUT2D eigenvalue weighted by atomic mass is 19.4. The van der Waals surface area contributed by atoms with Crippen molar-refractivity contribution in [3.8, 4) is 0 Å². The third-order valence-corrected chi connectivity index (χ3v) is 3.44. The van der Waals surface area contributed by atoms with E-state index in [1.807, 2.05) is 0 Å². The molecule has 0 radical (unpaired) electrons. The van der Waals surface area contributed by atoms with E-state index in [4.69, 9.17) is 0 Å². The van der Waals surface area contributed by atoms with Crippen molar-refractivity contribution in [1.29, 1.82) is 0 Å². The molecule has 1 atom stereocenters. The summed E-state index contributed by atoms with van der Waals surface area (Å²) in [6.07, 6.45) is -12.0. The molecule has 13 heteroatoms. The molecule has 0 aromatic heterocycles. The van der Waals surface area contributed by atoms with Gasteiger partial charge in [0.1, 0.15) is 0 Å². The van der Waals surface area contributed by atoms with Gasteiger partial charge in [-0.05, 0) is 25.1 Å². The number of rotatable bonds is 3. The first-order valence-corrected chi connectivity index (χ1v) is 7.19. The van der Waals surface area contributed by atoms with Crippen LogP contribution in [0.4, 0.5) is 41.6 Å². The highest BCUT2D eigenvalue weighted by molar-refractivity contribution is 6.24. The number of imide groups is 1. The number of ether oxygens (including phenoxy) is 1. The second-order valence-corrected chi connectivity index (χ2v) is 5.21. The number of alkyl carbamates (subject to hydrolysis) is 1. The molecule has 0 saturated carbocycles. The maximum Gasteiger partial charge on any atom is 0.440 e. The van der Waals surface area contributed by atoms with Gasteiger partial charge in [-0.2, -0.15) is 26.3 Å². The molecule has 148 valence electrons. The zero-order chi connectivity index (χ0) is 20.6. The van der Waals surface area contributed by atoms with Crippen molar-refractivity contribution in [3.63, 3.8) is 0 Å². The van der Waals surface area contributed by atoms with Gasteiger partial charge in [-0.1, -0.05) is 6.07 Å². The first-order valence-electron chi connectivity index (χ1n) is 7.19. The minimum Gasteiger partial charge on any atom is -0.450 e. The van der Waals surface area contributed by atoms with Gasteiger partial charge in [0.15, 0.2) is 0 Å². The van der Waals surface area contributed by atoms with Gasteiger partial charge in [-0.25, -0.2) is 14.5 Å². The molecule has 1 fully saturated rings. The average molecular weight is 399 g/mol. The number of alkyl halides is 6. The predicted octanol–water partition coefficient (Wildman–Crippen LogP) is 2.77. The van der Waals surface area contributed by atoms with Crippen LogP contribution in [-0.2, 0) is 15.7 Å². The molecule has 4 amide bonds. The van der Waals surface area contributed by atoms with Crippen LogP contribution < -0.4 is 15.5 Å². The smallest absolute Gasteiger partial charge is 0.440 e. The number of hydrogen-bond donors (Lipinski definition) is 2. The van der Waals surface area contributed by atoms with Crippen LogP contribution in [0.25, 0.3) is 0 Å². The first-order chi connectivity index (χ1) is 12.3. The summed E-state index contributed by atoms with van der Waals surface area (Å²) in [4.78, 5) is 35.6. The van der Waals surface area contributed by atoms with E-state index in [2.05, 4.69) is 4.74 Å². The molecule has 0 aliphatic carbocycles. The van der Waals surface area contributed by atoms with Crippen molar-refractivity contribution in [2.75, 3.05) is 11.5 Å². The van der Waals surface area contributed by atoms with Crippen LogP contribution in [0.5, 0.6) is 0 Å². The summed E-state index contributed by atoms with van der Waals surface area (Å²) in [5.41, 5.74) is -5.93. The molecular formula is C14H11F6N3O4. The Labute approximate surface area is 147 Å². The molecule has 7 nitrogen and oxygen atoms in total. The van der Waals surface area contributed by atoms with Crippen molar-refractivity contribution in [2.45, 2.75) is 24.9 Å². The van der Waals surface area contributed by atoms with Gasteiger partial charge in [0, 0.05) is 0 Å². The van der Waals surface area contributed by atoms with E-state index in [1.54, 1.807) is 0 Å². The molecule has 1 aromatic carbocycles. The SMILES string of the molecule is CCOC(=O)N[C@@]1(C(F)(F)F)NC(=O)N(c2cccc(C(F)(F)F)c2)C1=O. The molecule has 2 N–H and O–H groups in total. The van der Waals surface area contributed by atoms with Crippen LogP contribution in [0.3, 0.4) is 0 Å². The number of benzene rings is 1. The third kappa shape index (κ3) is 3.61. The lowest BCUT2D eigenvalue weighted by atomic mass is 10.1. The van der Waals surface area contributed by atoms with Gasteiger partial charge in [-0.15, -0.1) is 0 Å². The van der Waals surface area contributed by atoms with E-state index in [0.717, 1.165) is 12.1 Å². The number of nitrogens with one attached hydrogen (secondary N) is 2. The van der Waals surface area contributed by atoms with Gasteiger partial charge >= 0.3 is 24.5 Å². The average Bonchev–Trinajstić information content (AvgIpc) is 2.78. The number of halogens is 6. The molecule has 0 unspecified atom stereocenters. The number of anilines is 1. The summed E-state index contributed by atoms with van der Waals surface area (Å²) in [6, 6.07) is 0.909. The fraction of sp³-hybridized carbons (Fsp3) is 0.357. The van der Waals surface area contributed by atoms with Gasteiger partial charge in [-0.3, -0.25) is 15.4 Å². The molecular weight excluding hydrogens is 388 g/mol.